The molecular formula is C18H35N7O5. The predicted octanol–water partition coefficient (Wildman–Crippen LogP) is -2.01. The van der Waals surface area contributed by atoms with Gasteiger partial charge in [0.2, 0.25) is 17.7 Å². The smallest absolute Gasteiger partial charge is 0.326 e. The van der Waals surface area contributed by atoms with Crippen LogP contribution in [0.5, 0.6) is 0 Å². The molecular weight excluding hydrogens is 394 g/mol. The van der Waals surface area contributed by atoms with E-state index in [1.165, 1.54) is 13.8 Å². The van der Waals surface area contributed by atoms with Gasteiger partial charge in [0.25, 0.3) is 0 Å². The lowest BCUT2D eigenvalue weighted by Gasteiger charge is -2.22. The number of rotatable bonds is 13. The van der Waals surface area contributed by atoms with Gasteiger partial charge in [-0.15, -0.1) is 0 Å². The lowest BCUT2D eigenvalue weighted by molar-refractivity contribution is -0.142. The van der Waals surface area contributed by atoms with Gasteiger partial charge in [-0.05, 0) is 39.0 Å². The number of carbonyl (C=O) groups is 4. The van der Waals surface area contributed by atoms with Crippen LogP contribution in [0.4, 0.5) is 0 Å². The van der Waals surface area contributed by atoms with Crippen LogP contribution in [-0.4, -0.2) is 65.5 Å². The van der Waals surface area contributed by atoms with Gasteiger partial charge in [0.15, 0.2) is 5.96 Å². The van der Waals surface area contributed by atoms with Crippen molar-refractivity contribution in [1.82, 2.24) is 16.0 Å². The summed E-state index contributed by atoms with van der Waals surface area (Å²) in [5.41, 5.74) is 16.2. The molecule has 0 aromatic carbocycles. The van der Waals surface area contributed by atoms with Crippen LogP contribution in [0.3, 0.4) is 0 Å². The highest BCUT2D eigenvalue weighted by atomic mass is 16.4. The van der Waals surface area contributed by atoms with Crippen molar-refractivity contribution in [3.05, 3.63) is 0 Å². The summed E-state index contributed by atoms with van der Waals surface area (Å²) in [7, 11) is 0. The molecule has 12 nitrogen and oxygen atoms in total. The number of carboxylic acids is 1. The molecule has 10 N–H and O–H groups in total. The molecule has 0 aliphatic carbocycles. The zero-order valence-corrected chi connectivity index (χ0v) is 18.0. The van der Waals surface area contributed by atoms with E-state index in [1.807, 2.05) is 13.8 Å². The molecule has 0 saturated heterocycles. The van der Waals surface area contributed by atoms with Gasteiger partial charge in [0.05, 0.1) is 6.04 Å². The average Bonchev–Trinajstić information content (AvgIpc) is 2.63. The van der Waals surface area contributed by atoms with E-state index >= 15 is 0 Å². The second-order valence-electron chi connectivity index (χ2n) is 7.54. The number of hydrogen-bond acceptors (Lipinski definition) is 6. The Morgan fingerprint density at radius 2 is 1.40 bits per heavy atom. The Balaban J connectivity index is 4.55. The number of carbonyl (C=O) groups excluding carboxylic acids is 3. The highest BCUT2D eigenvalue weighted by molar-refractivity contribution is 5.93. The number of amides is 3. The third kappa shape index (κ3) is 11.2. The first-order chi connectivity index (χ1) is 13.8. The molecule has 0 bridgehead atoms. The Labute approximate surface area is 176 Å². The lowest BCUT2D eigenvalue weighted by Crippen LogP contribution is -2.55. The number of nitrogens with one attached hydrogen (secondary N) is 3. The van der Waals surface area contributed by atoms with Gasteiger partial charge in [-0.1, -0.05) is 13.8 Å². The van der Waals surface area contributed by atoms with E-state index in [2.05, 4.69) is 20.9 Å². The van der Waals surface area contributed by atoms with E-state index in [-0.39, 0.29) is 18.3 Å². The van der Waals surface area contributed by atoms with Gasteiger partial charge in [-0.2, -0.15) is 0 Å². The van der Waals surface area contributed by atoms with E-state index in [9.17, 15) is 24.3 Å². The molecule has 4 atom stereocenters. The molecule has 3 amide bonds. The highest BCUT2D eigenvalue weighted by Gasteiger charge is 2.26. The maximum Gasteiger partial charge on any atom is 0.326 e. The fourth-order valence-electron chi connectivity index (χ4n) is 2.43. The maximum absolute atomic E-state index is 12.2. The number of guanidine groups is 1. The maximum atomic E-state index is 12.2. The summed E-state index contributed by atoms with van der Waals surface area (Å²) in [4.78, 5) is 51.6. The Kier molecular flexibility index (Phi) is 12.1. The number of nitrogens with zero attached hydrogens (tertiary/aromatic N) is 1. The standard InChI is InChI=1S/C18H35N7O5/c1-9(2)8-13(17(29)30)25-15(27)11(4)23-14(26)10(3)24-16(28)12(19)6-5-7-22-18(20)21/h9-13H,5-8,19H2,1-4H3,(H,23,26)(H,24,28)(H,25,27)(H,29,30)(H4,20,21,22). The fourth-order valence-corrected chi connectivity index (χ4v) is 2.43. The molecule has 0 rings (SSSR count). The minimum atomic E-state index is -1.15. The summed E-state index contributed by atoms with van der Waals surface area (Å²) < 4.78 is 0. The van der Waals surface area contributed by atoms with Gasteiger partial charge in [0.1, 0.15) is 18.1 Å². The minimum absolute atomic E-state index is 0.0460. The summed E-state index contributed by atoms with van der Waals surface area (Å²) in [5.74, 6) is -2.89. The predicted molar refractivity (Wildman–Crippen MR) is 112 cm³/mol. The number of aliphatic carboxylic acids is 1. The SMILES string of the molecule is CC(C)CC(NC(=O)C(C)NC(=O)C(C)NC(=O)C(N)CCCN=C(N)N)C(=O)O. The normalized spacial score (nSPS) is 14.7. The molecule has 0 heterocycles. The molecule has 12 heteroatoms. The van der Waals surface area contributed by atoms with Crippen molar-refractivity contribution in [1.29, 1.82) is 0 Å². The second-order valence-corrected chi connectivity index (χ2v) is 7.54. The Morgan fingerprint density at radius 3 is 1.87 bits per heavy atom. The summed E-state index contributed by atoms with van der Waals surface area (Å²) in [5, 5.41) is 16.5. The molecule has 30 heavy (non-hydrogen) atoms. The van der Waals surface area contributed by atoms with Crippen molar-refractivity contribution in [2.45, 2.75) is 71.1 Å². The number of carboxylic acid groups (broad SMARTS) is 1. The first-order valence-corrected chi connectivity index (χ1v) is 9.80. The molecule has 0 spiro atoms. The fraction of sp³-hybridized carbons (Fsp3) is 0.722. The quantitative estimate of drug-likeness (QED) is 0.0983. The largest absolute Gasteiger partial charge is 0.480 e. The molecule has 0 aromatic heterocycles. The molecule has 0 aliphatic heterocycles. The van der Waals surface area contributed by atoms with Crippen LogP contribution in [0.25, 0.3) is 0 Å². The third-order valence-electron chi connectivity index (χ3n) is 4.13. The van der Waals surface area contributed by atoms with Crippen LogP contribution in [0.1, 0.15) is 47.0 Å². The van der Waals surface area contributed by atoms with Crippen LogP contribution < -0.4 is 33.2 Å². The Morgan fingerprint density at radius 1 is 0.900 bits per heavy atom. The van der Waals surface area contributed by atoms with Crippen molar-refractivity contribution in [2.24, 2.45) is 28.1 Å². The molecule has 0 aliphatic rings. The highest BCUT2D eigenvalue weighted by Crippen LogP contribution is 2.05. The van der Waals surface area contributed by atoms with Gasteiger partial charge in [0, 0.05) is 6.54 Å². The third-order valence-corrected chi connectivity index (χ3v) is 4.13. The van der Waals surface area contributed by atoms with Crippen molar-refractivity contribution < 1.29 is 24.3 Å². The summed E-state index contributed by atoms with van der Waals surface area (Å²) >= 11 is 0. The van der Waals surface area contributed by atoms with E-state index in [0.29, 0.717) is 19.4 Å². The van der Waals surface area contributed by atoms with Crippen LogP contribution in [0.2, 0.25) is 0 Å². The van der Waals surface area contributed by atoms with E-state index in [4.69, 9.17) is 17.2 Å². The van der Waals surface area contributed by atoms with Crippen LogP contribution in [0.15, 0.2) is 4.99 Å². The van der Waals surface area contributed by atoms with Gasteiger partial charge < -0.3 is 38.3 Å². The second kappa shape index (κ2) is 13.4. The number of nitrogens with two attached hydrogens (primary N) is 3. The monoisotopic (exact) mass is 429 g/mol. The van der Waals surface area contributed by atoms with Gasteiger partial charge in [-0.25, -0.2) is 4.79 Å². The minimum Gasteiger partial charge on any atom is -0.480 e. The van der Waals surface area contributed by atoms with Crippen LogP contribution in [0, 0.1) is 5.92 Å². The van der Waals surface area contributed by atoms with Crippen LogP contribution in [-0.2, 0) is 19.2 Å². The van der Waals surface area contributed by atoms with Crippen molar-refractivity contribution >= 4 is 29.7 Å². The Hall–Kier alpha value is -2.89. The zero-order chi connectivity index (χ0) is 23.4. The molecule has 4 unspecified atom stereocenters. The average molecular weight is 430 g/mol. The van der Waals surface area contributed by atoms with Gasteiger partial charge in [-0.3, -0.25) is 19.4 Å². The van der Waals surface area contributed by atoms with E-state index < -0.39 is 47.9 Å². The topological polar surface area (TPSA) is 215 Å². The van der Waals surface area contributed by atoms with E-state index in [0.717, 1.165) is 0 Å². The molecule has 172 valence electrons. The molecule has 0 radical (unpaired) electrons. The first kappa shape index (κ1) is 27.1. The molecule has 0 fully saturated rings. The molecule has 0 saturated carbocycles. The summed E-state index contributed by atoms with van der Waals surface area (Å²) in [6.45, 7) is 6.88. The Bertz CT molecular complexity index is 634. The van der Waals surface area contributed by atoms with E-state index in [1.54, 1.807) is 0 Å². The summed E-state index contributed by atoms with van der Waals surface area (Å²) in [6.07, 6.45) is 1.07. The molecule has 0 aromatic rings. The van der Waals surface area contributed by atoms with Crippen molar-refractivity contribution in [3.63, 3.8) is 0 Å². The first-order valence-electron chi connectivity index (χ1n) is 9.80. The zero-order valence-electron chi connectivity index (χ0n) is 18.0. The van der Waals surface area contributed by atoms with Crippen molar-refractivity contribution in [2.75, 3.05) is 6.54 Å². The van der Waals surface area contributed by atoms with Crippen molar-refractivity contribution in [3.8, 4) is 0 Å². The number of aliphatic imine (C=N–C) groups is 1. The summed E-state index contributed by atoms with van der Waals surface area (Å²) in [6, 6.07) is -3.82. The van der Waals surface area contributed by atoms with Gasteiger partial charge >= 0.3 is 5.97 Å². The van der Waals surface area contributed by atoms with Crippen LogP contribution >= 0.6 is 0 Å². The number of hydrogen-bond donors (Lipinski definition) is 7. The lowest BCUT2D eigenvalue weighted by atomic mass is 10.0.